The summed E-state index contributed by atoms with van der Waals surface area (Å²) in [5.41, 5.74) is 2.11. The predicted molar refractivity (Wildman–Crippen MR) is 104 cm³/mol. The van der Waals surface area contributed by atoms with Gasteiger partial charge in [-0.1, -0.05) is 50.2 Å². The number of hydrogen-bond donors (Lipinski definition) is 2. The Bertz CT molecular complexity index is 820. The van der Waals surface area contributed by atoms with Crippen LogP contribution in [0.15, 0.2) is 34.2 Å². The number of thioether (sulfide) groups is 1. The number of benzene rings is 1. The van der Waals surface area contributed by atoms with Gasteiger partial charge in [-0.05, 0) is 37.0 Å². The molecule has 25 heavy (non-hydrogen) atoms. The molecule has 0 aliphatic heterocycles. The van der Waals surface area contributed by atoms with Crippen molar-refractivity contribution in [1.29, 1.82) is 0 Å². The molecule has 1 amide bonds. The molecule has 2 N–H and O–H groups in total. The first kappa shape index (κ1) is 19.5. The van der Waals surface area contributed by atoms with Gasteiger partial charge in [-0.2, -0.15) is 0 Å². The van der Waals surface area contributed by atoms with Crippen LogP contribution in [0.5, 0.6) is 0 Å². The third-order valence-corrected chi connectivity index (χ3v) is 5.34. The molecule has 0 saturated carbocycles. The van der Waals surface area contributed by atoms with E-state index in [1.807, 2.05) is 39.8 Å². The van der Waals surface area contributed by atoms with Crippen LogP contribution >= 0.6 is 23.4 Å². The average molecular weight is 380 g/mol. The quantitative estimate of drug-likeness (QED) is 0.577. The van der Waals surface area contributed by atoms with Gasteiger partial charge in [-0.3, -0.25) is 9.59 Å². The summed E-state index contributed by atoms with van der Waals surface area (Å²) >= 11 is 7.36. The van der Waals surface area contributed by atoms with Crippen LogP contribution < -0.4 is 10.9 Å². The van der Waals surface area contributed by atoms with E-state index in [0.29, 0.717) is 28.0 Å². The van der Waals surface area contributed by atoms with Crippen molar-refractivity contribution in [2.24, 2.45) is 0 Å². The fourth-order valence-corrected chi connectivity index (χ4v) is 3.26. The standard InChI is InChI=1S/C18H22ClN3O2S/c1-5-15(17(24)20-12-7-6-11(4)13(19)8-12)25-18-21-14(10(2)3)9-16(23)22-18/h6-10,15H,5H2,1-4H3,(H,20,24)(H,21,22,23). The van der Waals surface area contributed by atoms with Gasteiger partial charge in [-0.15, -0.1) is 0 Å². The predicted octanol–water partition coefficient (Wildman–Crippen LogP) is 4.36. The number of nitrogens with zero attached hydrogens (tertiary/aromatic N) is 1. The first-order valence-corrected chi connectivity index (χ1v) is 9.40. The molecule has 1 aromatic carbocycles. The number of hydrogen-bond acceptors (Lipinski definition) is 4. The van der Waals surface area contributed by atoms with Crippen molar-refractivity contribution >= 4 is 35.0 Å². The van der Waals surface area contributed by atoms with Crippen LogP contribution in [-0.2, 0) is 4.79 Å². The van der Waals surface area contributed by atoms with Crippen molar-refractivity contribution in [1.82, 2.24) is 9.97 Å². The van der Waals surface area contributed by atoms with Crippen LogP contribution in [0.3, 0.4) is 0 Å². The van der Waals surface area contributed by atoms with E-state index in [9.17, 15) is 9.59 Å². The Labute approximate surface area is 156 Å². The summed E-state index contributed by atoms with van der Waals surface area (Å²) < 4.78 is 0. The lowest BCUT2D eigenvalue weighted by atomic mass is 10.1. The minimum atomic E-state index is -0.370. The van der Waals surface area contributed by atoms with Crippen LogP contribution in [0.25, 0.3) is 0 Å². The lowest BCUT2D eigenvalue weighted by molar-refractivity contribution is -0.115. The monoisotopic (exact) mass is 379 g/mol. The molecule has 7 heteroatoms. The highest BCUT2D eigenvalue weighted by Crippen LogP contribution is 2.25. The molecule has 134 valence electrons. The van der Waals surface area contributed by atoms with Gasteiger partial charge in [0.2, 0.25) is 5.91 Å². The molecule has 0 radical (unpaired) electrons. The topological polar surface area (TPSA) is 74.8 Å². The van der Waals surface area contributed by atoms with Crippen molar-refractivity contribution in [2.75, 3.05) is 5.32 Å². The van der Waals surface area contributed by atoms with Gasteiger partial charge in [0.15, 0.2) is 5.16 Å². The Kier molecular flexibility index (Phi) is 6.67. The Balaban J connectivity index is 2.15. The first-order chi connectivity index (χ1) is 11.8. The summed E-state index contributed by atoms with van der Waals surface area (Å²) in [6.07, 6.45) is 0.603. The molecule has 2 rings (SSSR count). The fourth-order valence-electron chi connectivity index (χ4n) is 2.16. The van der Waals surface area contributed by atoms with E-state index in [1.54, 1.807) is 6.07 Å². The first-order valence-electron chi connectivity index (χ1n) is 8.15. The highest BCUT2D eigenvalue weighted by molar-refractivity contribution is 8.00. The van der Waals surface area contributed by atoms with Crippen molar-refractivity contribution < 1.29 is 4.79 Å². The maximum absolute atomic E-state index is 12.6. The lowest BCUT2D eigenvalue weighted by Gasteiger charge is -2.15. The molecule has 0 spiro atoms. The second-order valence-electron chi connectivity index (χ2n) is 6.10. The van der Waals surface area contributed by atoms with E-state index in [4.69, 9.17) is 11.6 Å². The molecular weight excluding hydrogens is 358 g/mol. The van der Waals surface area contributed by atoms with E-state index in [1.165, 1.54) is 17.8 Å². The molecule has 1 heterocycles. The molecule has 5 nitrogen and oxygen atoms in total. The summed E-state index contributed by atoms with van der Waals surface area (Å²) in [7, 11) is 0. The second kappa shape index (κ2) is 8.54. The number of carbonyl (C=O) groups excluding carboxylic acids is 1. The maximum atomic E-state index is 12.6. The van der Waals surface area contributed by atoms with Gasteiger partial charge in [0, 0.05) is 16.8 Å². The molecule has 0 bridgehead atoms. The molecule has 0 aliphatic rings. The SMILES string of the molecule is CCC(Sc1nc(C(C)C)cc(=O)[nH]1)C(=O)Nc1ccc(C)c(Cl)c1. The fraction of sp³-hybridized carbons (Fsp3) is 0.389. The van der Waals surface area contributed by atoms with Crippen molar-refractivity contribution in [3.63, 3.8) is 0 Å². The van der Waals surface area contributed by atoms with Gasteiger partial charge < -0.3 is 10.3 Å². The van der Waals surface area contributed by atoms with Crippen LogP contribution in [0, 0.1) is 6.92 Å². The molecule has 1 atom stereocenters. The minimum absolute atomic E-state index is 0.144. The molecule has 0 fully saturated rings. The summed E-state index contributed by atoms with van der Waals surface area (Å²) in [5.74, 6) is -0.00438. The van der Waals surface area contributed by atoms with Gasteiger partial charge in [0.05, 0.1) is 10.9 Å². The molecule has 1 aromatic heterocycles. The van der Waals surface area contributed by atoms with Crippen molar-refractivity contribution in [3.8, 4) is 0 Å². The minimum Gasteiger partial charge on any atom is -0.325 e. The summed E-state index contributed by atoms with van der Waals surface area (Å²) in [6.45, 7) is 7.77. The number of nitrogens with one attached hydrogen (secondary N) is 2. The third-order valence-electron chi connectivity index (χ3n) is 3.69. The second-order valence-corrected chi connectivity index (χ2v) is 7.70. The number of rotatable bonds is 6. The summed E-state index contributed by atoms with van der Waals surface area (Å²) in [5, 5.41) is 3.56. The number of aromatic amines is 1. The molecule has 0 saturated heterocycles. The third kappa shape index (κ3) is 5.34. The number of H-pyrrole nitrogens is 1. The highest BCUT2D eigenvalue weighted by Gasteiger charge is 2.20. The van der Waals surface area contributed by atoms with Crippen molar-refractivity contribution in [2.45, 2.75) is 50.4 Å². The van der Waals surface area contributed by atoms with Gasteiger partial charge in [0.25, 0.3) is 5.56 Å². The molecular formula is C18H22ClN3O2S. The van der Waals surface area contributed by atoms with E-state index in [0.717, 1.165) is 5.56 Å². The van der Waals surface area contributed by atoms with Crippen molar-refractivity contribution in [3.05, 3.63) is 50.9 Å². The molecule has 0 aliphatic carbocycles. The summed E-state index contributed by atoms with van der Waals surface area (Å²) in [6, 6.07) is 6.89. The Morgan fingerprint density at radius 2 is 2.08 bits per heavy atom. The Morgan fingerprint density at radius 1 is 1.36 bits per heavy atom. The van der Waals surface area contributed by atoms with E-state index in [-0.39, 0.29) is 22.6 Å². The zero-order valence-corrected chi connectivity index (χ0v) is 16.3. The number of anilines is 1. The van der Waals surface area contributed by atoms with Crippen LogP contribution in [0.1, 0.15) is 44.4 Å². The number of aryl methyl sites for hydroxylation is 1. The van der Waals surface area contributed by atoms with Crippen LogP contribution in [-0.4, -0.2) is 21.1 Å². The number of amides is 1. The number of carbonyl (C=O) groups is 1. The average Bonchev–Trinajstić information content (AvgIpc) is 2.55. The maximum Gasteiger partial charge on any atom is 0.251 e. The highest BCUT2D eigenvalue weighted by atomic mass is 35.5. The van der Waals surface area contributed by atoms with Crippen LogP contribution in [0.4, 0.5) is 5.69 Å². The smallest absolute Gasteiger partial charge is 0.251 e. The Hall–Kier alpha value is -1.79. The van der Waals surface area contributed by atoms with Gasteiger partial charge in [-0.25, -0.2) is 4.98 Å². The van der Waals surface area contributed by atoms with Crippen LogP contribution in [0.2, 0.25) is 5.02 Å². The van der Waals surface area contributed by atoms with E-state index >= 15 is 0 Å². The Morgan fingerprint density at radius 3 is 2.68 bits per heavy atom. The lowest BCUT2D eigenvalue weighted by Crippen LogP contribution is -2.25. The van der Waals surface area contributed by atoms with E-state index in [2.05, 4.69) is 15.3 Å². The summed E-state index contributed by atoms with van der Waals surface area (Å²) in [4.78, 5) is 31.5. The van der Waals surface area contributed by atoms with Gasteiger partial charge >= 0.3 is 0 Å². The van der Waals surface area contributed by atoms with E-state index < -0.39 is 0 Å². The molecule has 2 aromatic rings. The number of halogens is 1. The van der Waals surface area contributed by atoms with Gasteiger partial charge in [0.1, 0.15) is 0 Å². The largest absolute Gasteiger partial charge is 0.325 e. The zero-order chi connectivity index (χ0) is 18.6. The normalized spacial score (nSPS) is 12.2. The number of aromatic nitrogens is 2. The zero-order valence-electron chi connectivity index (χ0n) is 14.7. The molecule has 1 unspecified atom stereocenters.